The molecular formula is C16H13BrFNO4. The van der Waals surface area contributed by atoms with Crippen LogP contribution in [0.4, 0.5) is 4.39 Å². The first-order valence-electron chi connectivity index (χ1n) is 6.56. The van der Waals surface area contributed by atoms with E-state index in [2.05, 4.69) is 15.9 Å². The number of hydrogen-bond donors (Lipinski definition) is 0. The molecule has 120 valence electrons. The van der Waals surface area contributed by atoms with Crippen LogP contribution in [-0.4, -0.2) is 12.0 Å². The second-order valence-corrected chi connectivity index (χ2v) is 5.41. The highest BCUT2D eigenvalue weighted by Crippen LogP contribution is 2.37. The third-order valence-corrected chi connectivity index (χ3v) is 3.50. The quantitative estimate of drug-likeness (QED) is 0.548. The van der Waals surface area contributed by atoms with E-state index < -0.39 is 4.92 Å². The monoisotopic (exact) mass is 381 g/mol. The van der Waals surface area contributed by atoms with Crippen molar-refractivity contribution in [3.05, 3.63) is 74.1 Å². The van der Waals surface area contributed by atoms with E-state index in [4.69, 9.17) is 9.47 Å². The van der Waals surface area contributed by atoms with Crippen LogP contribution in [0.5, 0.6) is 11.5 Å². The molecule has 7 heteroatoms. The molecule has 0 radical (unpaired) electrons. The number of benzene rings is 2. The van der Waals surface area contributed by atoms with Gasteiger partial charge in [0.1, 0.15) is 12.4 Å². The molecule has 0 atom stereocenters. The fraction of sp³-hybridized carbons (Fsp3) is 0.125. The zero-order valence-electron chi connectivity index (χ0n) is 12.2. The highest BCUT2D eigenvalue weighted by Gasteiger charge is 2.12. The van der Waals surface area contributed by atoms with Crippen molar-refractivity contribution >= 4 is 22.0 Å². The van der Waals surface area contributed by atoms with Crippen LogP contribution in [0.25, 0.3) is 6.08 Å². The van der Waals surface area contributed by atoms with E-state index in [9.17, 15) is 14.5 Å². The Kier molecular flexibility index (Phi) is 5.70. The minimum atomic E-state index is -0.547. The van der Waals surface area contributed by atoms with Crippen LogP contribution in [0.2, 0.25) is 0 Å². The summed E-state index contributed by atoms with van der Waals surface area (Å²) in [5.41, 5.74) is 1.26. The highest BCUT2D eigenvalue weighted by atomic mass is 79.9. The summed E-state index contributed by atoms with van der Waals surface area (Å²) in [6, 6.07) is 9.38. The highest BCUT2D eigenvalue weighted by molar-refractivity contribution is 9.10. The summed E-state index contributed by atoms with van der Waals surface area (Å²) in [5, 5.41) is 10.4. The van der Waals surface area contributed by atoms with E-state index >= 15 is 0 Å². The van der Waals surface area contributed by atoms with Crippen LogP contribution < -0.4 is 9.47 Å². The number of hydrogen-bond acceptors (Lipinski definition) is 4. The molecular weight excluding hydrogens is 369 g/mol. The molecule has 0 amide bonds. The maximum atomic E-state index is 13.2. The lowest BCUT2D eigenvalue weighted by atomic mass is 10.2. The molecule has 0 unspecified atom stereocenters. The Morgan fingerprint density at radius 1 is 1.35 bits per heavy atom. The molecule has 0 N–H and O–H groups in total. The number of ether oxygens (including phenoxy) is 2. The third kappa shape index (κ3) is 4.79. The van der Waals surface area contributed by atoms with E-state index in [1.807, 2.05) is 0 Å². The van der Waals surface area contributed by atoms with Crippen molar-refractivity contribution in [1.82, 2.24) is 0 Å². The molecule has 23 heavy (non-hydrogen) atoms. The molecule has 0 saturated heterocycles. The van der Waals surface area contributed by atoms with Gasteiger partial charge in [-0.25, -0.2) is 4.39 Å². The van der Waals surface area contributed by atoms with Crippen LogP contribution >= 0.6 is 15.9 Å². The summed E-state index contributed by atoms with van der Waals surface area (Å²) in [5.74, 6) is 0.520. The van der Waals surface area contributed by atoms with Crippen molar-refractivity contribution in [2.24, 2.45) is 0 Å². The Morgan fingerprint density at radius 2 is 2.13 bits per heavy atom. The Bertz CT molecular complexity index is 749. The number of nitro groups is 1. The second-order valence-electron chi connectivity index (χ2n) is 4.55. The minimum Gasteiger partial charge on any atom is -0.493 e. The van der Waals surface area contributed by atoms with Crippen molar-refractivity contribution in [3.8, 4) is 11.5 Å². The van der Waals surface area contributed by atoms with Gasteiger partial charge in [0.2, 0.25) is 6.20 Å². The van der Waals surface area contributed by atoms with Gasteiger partial charge >= 0.3 is 0 Å². The molecule has 0 fully saturated rings. The van der Waals surface area contributed by atoms with Gasteiger partial charge in [-0.15, -0.1) is 0 Å². The van der Waals surface area contributed by atoms with Crippen molar-refractivity contribution in [2.75, 3.05) is 7.11 Å². The molecule has 0 bridgehead atoms. The zero-order chi connectivity index (χ0) is 16.8. The van der Waals surface area contributed by atoms with Gasteiger partial charge < -0.3 is 9.47 Å². The van der Waals surface area contributed by atoms with Crippen molar-refractivity contribution in [3.63, 3.8) is 0 Å². The van der Waals surface area contributed by atoms with E-state index in [1.54, 1.807) is 24.3 Å². The number of methoxy groups -OCH3 is 1. The van der Waals surface area contributed by atoms with Gasteiger partial charge in [0.05, 0.1) is 16.5 Å². The molecule has 0 saturated carbocycles. The van der Waals surface area contributed by atoms with Crippen LogP contribution in [0.1, 0.15) is 11.1 Å². The van der Waals surface area contributed by atoms with Crippen molar-refractivity contribution in [1.29, 1.82) is 0 Å². The maximum absolute atomic E-state index is 13.2. The fourth-order valence-corrected chi connectivity index (χ4v) is 2.48. The van der Waals surface area contributed by atoms with E-state index in [0.29, 0.717) is 27.1 Å². The van der Waals surface area contributed by atoms with Gasteiger partial charge in [-0.3, -0.25) is 10.1 Å². The molecule has 0 aliphatic carbocycles. The van der Waals surface area contributed by atoms with Gasteiger partial charge in [-0.1, -0.05) is 12.1 Å². The SMILES string of the molecule is COc1cc(C=C[N+](=O)[O-])cc(Br)c1OCc1cccc(F)c1. The molecule has 0 heterocycles. The van der Waals surface area contributed by atoms with E-state index in [1.165, 1.54) is 25.3 Å². The molecule has 2 aromatic carbocycles. The van der Waals surface area contributed by atoms with Gasteiger partial charge in [0.25, 0.3) is 0 Å². The largest absolute Gasteiger partial charge is 0.493 e. The molecule has 0 aliphatic heterocycles. The van der Waals surface area contributed by atoms with Crippen LogP contribution in [0, 0.1) is 15.9 Å². The van der Waals surface area contributed by atoms with Gasteiger partial charge in [0, 0.05) is 6.08 Å². The molecule has 0 spiro atoms. The Labute approximate surface area is 140 Å². The minimum absolute atomic E-state index is 0.163. The van der Waals surface area contributed by atoms with E-state index in [-0.39, 0.29) is 12.4 Å². The number of halogens is 2. The summed E-state index contributed by atoms with van der Waals surface area (Å²) >= 11 is 3.35. The first-order chi connectivity index (χ1) is 11.0. The average Bonchev–Trinajstić information content (AvgIpc) is 2.51. The van der Waals surface area contributed by atoms with E-state index in [0.717, 1.165) is 6.20 Å². The fourth-order valence-electron chi connectivity index (χ4n) is 1.91. The maximum Gasteiger partial charge on any atom is 0.235 e. The second kappa shape index (κ2) is 7.73. The molecule has 2 rings (SSSR count). The average molecular weight is 382 g/mol. The summed E-state index contributed by atoms with van der Waals surface area (Å²) in [4.78, 5) is 9.84. The Balaban J connectivity index is 2.22. The predicted molar refractivity (Wildman–Crippen MR) is 87.5 cm³/mol. The number of rotatable bonds is 6. The first-order valence-corrected chi connectivity index (χ1v) is 7.35. The summed E-state index contributed by atoms with van der Waals surface area (Å²) in [7, 11) is 1.47. The molecule has 0 aromatic heterocycles. The van der Waals surface area contributed by atoms with Gasteiger partial charge in [0.15, 0.2) is 11.5 Å². The lowest BCUT2D eigenvalue weighted by Crippen LogP contribution is -1.99. The standard InChI is InChI=1S/C16H13BrFNO4/c1-22-15-9-11(5-6-19(20)21)8-14(17)16(15)23-10-12-3-2-4-13(18)7-12/h2-9H,10H2,1H3. The summed E-state index contributed by atoms with van der Waals surface area (Å²) < 4.78 is 24.7. The first kappa shape index (κ1) is 17.0. The Morgan fingerprint density at radius 3 is 2.78 bits per heavy atom. The normalized spacial score (nSPS) is 10.7. The predicted octanol–water partition coefficient (Wildman–Crippen LogP) is 4.42. The van der Waals surface area contributed by atoms with Crippen molar-refractivity contribution < 1.29 is 18.8 Å². The van der Waals surface area contributed by atoms with Crippen LogP contribution in [0.3, 0.4) is 0 Å². The topological polar surface area (TPSA) is 61.6 Å². The van der Waals surface area contributed by atoms with Crippen molar-refractivity contribution in [2.45, 2.75) is 6.61 Å². The molecule has 2 aromatic rings. The summed E-state index contributed by atoms with van der Waals surface area (Å²) in [6.07, 6.45) is 2.19. The number of nitrogens with zero attached hydrogens (tertiary/aromatic N) is 1. The lowest BCUT2D eigenvalue weighted by molar-refractivity contribution is -0.400. The lowest BCUT2D eigenvalue weighted by Gasteiger charge is -2.13. The smallest absolute Gasteiger partial charge is 0.235 e. The third-order valence-electron chi connectivity index (χ3n) is 2.91. The van der Waals surface area contributed by atoms with Crippen LogP contribution in [0.15, 0.2) is 47.1 Å². The Hall–Kier alpha value is -2.41. The van der Waals surface area contributed by atoms with Gasteiger partial charge in [-0.2, -0.15) is 0 Å². The zero-order valence-corrected chi connectivity index (χ0v) is 13.7. The molecule has 0 aliphatic rings. The van der Waals surface area contributed by atoms with Crippen LogP contribution in [-0.2, 0) is 6.61 Å². The van der Waals surface area contributed by atoms with Gasteiger partial charge in [-0.05, 0) is 51.3 Å². The summed E-state index contributed by atoms with van der Waals surface area (Å²) in [6.45, 7) is 0.163. The molecule has 5 nitrogen and oxygen atoms in total.